The summed E-state index contributed by atoms with van der Waals surface area (Å²) in [7, 11) is 1.31. The highest BCUT2D eigenvalue weighted by Gasteiger charge is 2.43. The summed E-state index contributed by atoms with van der Waals surface area (Å²) in [6.45, 7) is 2.69. The van der Waals surface area contributed by atoms with Gasteiger partial charge in [-0.1, -0.05) is 0 Å². The van der Waals surface area contributed by atoms with Gasteiger partial charge in [-0.05, 0) is 19.1 Å². The Labute approximate surface area is 174 Å². The molecule has 0 spiro atoms. The molecule has 0 aliphatic carbocycles. The number of methoxy groups -OCH3 is 1. The van der Waals surface area contributed by atoms with Gasteiger partial charge in [0, 0.05) is 13.0 Å². The predicted molar refractivity (Wildman–Crippen MR) is 104 cm³/mol. The topological polar surface area (TPSA) is 180 Å². The Balaban J connectivity index is 1.92. The maximum absolute atomic E-state index is 12.1. The molecule has 12 heteroatoms. The van der Waals surface area contributed by atoms with Crippen molar-refractivity contribution in [1.82, 2.24) is 0 Å². The molecule has 166 valence electrons. The van der Waals surface area contributed by atoms with Gasteiger partial charge in [-0.3, -0.25) is 4.79 Å². The summed E-state index contributed by atoms with van der Waals surface area (Å²) < 4.78 is 26.3. The Morgan fingerprint density at radius 1 is 1.29 bits per heavy atom. The van der Waals surface area contributed by atoms with Crippen LogP contribution in [0.5, 0.6) is 11.5 Å². The Hall–Kier alpha value is -3.93. The first-order chi connectivity index (χ1) is 14.6. The maximum atomic E-state index is 12.1. The summed E-state index contributed by atoms with van der Waals surface area (Å²) in [5.74, 6) is -0.685. The minimum atomic E-state index is -1.51. The number of nitrogens with two attached hydrogens (primary N) is 1. The SMILES string of the molecule is COC1=C(C)OC(Oc2ccc3c(O)c(NC(C)=O)c(=O)oc3c2)[C@@H](O)[C@H]1OC(N)=O. The Morgan fingerprint density at radius 2 is 2.00 bits per heavy atom. The molecule has 0 bridgehead atoms. The summed E-state index contributed by atoms with van der Waals surface area (Å²) in [5.41, 5.74) is 3.65. The van der Waals surface area contributed by atoms with Crippen molar-refractivity contribution >= 4 is 28.7 Å². The molecular formula is C19H20N2O10. The van der Waals surface area contributed by atoms with E-state index in [1.54, 1.807) is 0 Å². The van der Waals surface area contributed by atoms with E-state index in [9.17, 15) is 24.6 Å². The molecule has 0 fully saturated rings. The number of allylic oxidation sites excluding steroid dienone is 1. The van der Waals surface area contributed by atoms with Crippen LogP contribution < -0.4 is 21.4 Å². The van der Waals surface area contributed by atoms with Gasteiger partial charge in [0.25, 0.3) is 6.29 Å². The van der Waals surface area contributed by atoms with Crippen molar-refractivity contribution in [1.29, 1.82) is 0 Å². The second kappa shape index (κ2) is 8.44. The normalized spacial score (nSPS) is 20.7. The van der Waals surface area contributed by atoms with Crippen LogP contribution in [0.25, 0.3) is 11.0 Å². The quantitative estimate of drug-likeness (QED) is 0.492. The van der Waals surface area contributed by atoms with Crippen LogP contribution in [0.3, 0.4) is 0 Å². The average Bonchev–Trinajstić information content (AvgIpc) is 2.68. The van der Waals surface area contributed by atoms with Gasteiger partial charge in [0.15, 0.2) is 29.4 Å². The third-order valence-corrected chi connectivity index (χ3v) is 4.36. The molecule has 1 aliphatic heterocycles. The number of nitrogens with one attached hydrogen (secondary N) is 1. The molecule has 31 heavy (non-hydrogen) atoms. The van der Waals surface area contributed by atoms with Gasteiger partial charge in [-0.25, -0.2) is 9.59 Å². The number of fused-ring (bicyclic) bond motifs is 1. The van der Waals surface area contributed by atoms with Crippen LogP contribution in [-0.4, -0.2) is 47.8 Å². The molecule has 0 saturated heterocycles. The summed E-state index contributed by atoms with van der Waals surface area (Å²) in [6.07, 6.45) is -5.25. The van der Waals surface area contributed by atoms with E-state index in [-0.39, 0.29) is 33.9 Å². The number of anilines is 1. The third-order valence-electron chi connectivity index (χ3n) is 4.36. The molecule has 3 atom stereocenters. The number of primary amides is 1. The van der Waals surface area contributed by atoms with E-state index in [4.69, 9.17) is 29.1 Å². The van der Waals surface area contributed by atoms with Crippen molar-refractivity contribution in [3.05, 3.63) is 40.1 Å². The van der Waals surface area contributed by atoms with Gasteiger partial charge < -0.3 is 44.6 Å². The van der Waals surface area contributed by atoms with Crippen LogP contribution in [0, 0.1) is 0 Å². The largest absolute Gasteiger partial charge is 0.505 e. The van der Waals surface area contributed by atoms with Crippen molar-refractivity contribution in [2.75, 3.05) is 12.4 Å². The van der Waals surface area contributed by atoms with Gasteiger partial charge in [0.05, 0.1) is 12.5 Å². The van der Waals surface area contributed by atoms with Crippen LogP contribution >= 0.6 is 0 Å². The number of carbonyl (C=O) groups is 2. The fourth-order valence-corrected chi connectivity index (χ4v) is 3.06. The second-order valence-corrected chi connectivity index (χ2v) is 6.53. The lowest BCUT2D eigenvalue weighted by molar-refractivity contribution is -0.174. The van der Waals surface area contributed by atoms with E-state index < -0.39 is 41.9 Å². The van der Waals surface area contributed by atoms with E-state index in [0.29, 0.717) is 0 Å². The smallest absolute Gasteiger partial charge is 0.405 e. The lowest BCUT2D eigenvalue weighted by Crippen LogP contribution is -2.49. The monoisotopic (exact) mass is 436 g/mol. The van der Waals surface area contributed by atoms with Crippen molar-refractivity contribution < 1.29 is 43.2 Å². The highest BCUT2D eigenvalue weighted by atomic mass is 16.7. The molecule has 0 saturated carbocycles. The van der Waals surface area contributed by atoms with Crippen LogP contribution in [0.2, 0.25) is 0 Å². The Kier molecular flexibility index (Phi) is 5.92. The second-order valence-electron chi connectivity index (χ2n) is 6.53. The van der Waals surface area contributed by atoms with Gasteiger partial charge >= 0.3 is 11.7 Å². The number of hydrogen-bond donors (Lipinski definition) is 4. The fraction of sp³-hybridized carbons (Fsp3) is 0.316. The van der Waals surface area contributed by atoms with E-state index >= 15 is 0 Å². The van der Waals surface area contributed by atoms with Gasteiger partial charge in [0.2, 0.25) is 5.91 Å². The number of benzene rings is 1. The van der Waals surface area contributed by atoms with Gasteiger partial charge in [0.1, 0.15) is 17.1 Å². The number of carbonyl (C=O) groups excluding carboxylic acids is 2. The summed E-state index contributed by atoms with van der Waals surface area (Å²) >= 11 is 0. The van der Waals surface area contributed by atoms with E-state index in [1.807, 2.05) is 0 Å². The predicted octanol–water partition coefficient (Wildman–Crippen LogP) is 0.895. The van der Waals surface area contributed by atoms with Crippen molar-refractivity contribution in [2.45, 2.75) is 32.3 Å². The first-order valence-electron chi connectivity index (χ1n) is 8.92. The molecule has 2 aromatic rings. The molecule has 1 unspecified atom stereocenters. The molecule has 1 aromatic carbocycles. The number of aliphatic hydroxyl groups excluding tert-OH is 1. The minimum absolute atomic E-state index is 0.0471. The van der Waals surface area contributed by atoms with Crippen LogP contribution in [0.15, 0.2) is 38.9 Å². The highest BCUT2D eigenvalue weighted by molar-refractivity contribution is 5.96. The fourth-order valence-electron chi connectivity index (χ4n) is 3.06. The van der Waals surface area contributed by atoms with Gasteiger partial charge in [-0.2, -0.15) is 0 Å². The standard InChI is InChI=1S/C19H20N2O10/c1-7-15(27-3)16(31-19(20)26)14(24)18(28-7)29-9-4-5-10-11(6-9)30-17(25)12(13(10)23)21-8(2)22/h4-6,14,16,18,23-24H,1-3H3,(H2,20,26)(H,21,22)/t14-,16+,18?/m0/s1. The van der Waals surface area contributed by atoms with Crippen LogP contribution in [0.4, 0.5) is 10.5 Å². The molecule has 0 radical (unpaired) electrons. The van der Waals surface area contributed by atoms with Crippen LogP contribution in [0.1, 0.15) is 13.8 Å². The van der Waals surface area contributed by atoms with Gasteiger partial charge in [-0.15, -0.1) is 0 Å². The van der Waals surface area contributed by atoms with E-state index in [1.165, 1.54) is 39.2 Å². The Morgan fingerprint density at radius 3 is 2.61 bits per heavy atom. The Bertz CT molecular complexity index is 1120. The van der Waals surface area contributed by atoms with E-state index in [2.05, 4.69) is 5.32 Å². The highest BCUT2D eigenvalue weighted by Crippen LogP contribution is 2.34. The number of rotatable bonds is 5. The molecule has 3 rings (SSSR count). The van der Waals surface area contributed by atoms with E-state index in [0.717, 1.165) is 0 Å². The number of amides is 2. The number of aliphatic hydroxyl groups is 1. The lowest BCUT2D eigenvalue weighted by atomic mass is 10.1. The molecule has 1 aromatic heterocycles. The van der Waals surface area contributed by atoms with Crippen LogP contribution in [-0.2, 0) is 19.0 Å². The van der Waals surface area contributed by atoms with Crippen molar-refractivity contribution in [2.24, 2.45) is 5.73 Å². The van der Waals surface area contributed by atoms with Crippen molar-refractivity contribution in [3.8, 4) is 11.5 Å². The number of ether oxygens (including phenoxy) is 4. The lowest BCUT2D eigenvalue weighted by Gasteiger charge is -2.35. The zero-order valence-corrected chi connectivity index (χ0v) is 16.7. The molecular weight excluding hydrogens is 416 g/mol. The third kappa shape index (κ3) is 4.33. The first-order valence-corrected chi connectivity index (χ1v) is 8.92. The molecule has 5 N–H and O–H groups in total. The number of hydrogen-bond acceptors (Lipinski definition) is 10. The first kappa shape index (κ1) is 21.8. The maximum Gasteiger partial charge on any atom is 0.405 e. The molecule has 12 nitrogen and oxygen atoms in total. The summed E-state index contributed by atoms with van der Waals surface area (Å²) in [5, 5.41) is 23.2. The average molecular weight is 436 g/mol. The zero-order chi connectivity index (χ0) is 22.9. The molecule has 2 amide bonds. The zero-order valence-electron chi connectivity index (χ0n) is 16.7. The molecule has 1 aliphatic rings. The number of aromatic hydroxyl groups is 1. The minimum Gasteiger partial charge on any atom is -0.505 e. The summed E-state index contributed by atoms with van der Waals surface area (Å²) in [6, 6.07) is 4.06. The molecule has 2 heterocycles. The van der Waals surface area contributed by atoms with Crippen molar-refractivity contribution in [3.63, 3.8) is 0 Å². The summed E-state index contributed by atoms with van der Waals surface area (Å²) in [4.78, 5) is 34.5.